The molecule has 10 nitrogen and oxygen atoms in total. The molecule has 0 N–H and O–H groups in total. The molecule has 4 heterocycles. The van der Waals surface area contributed by atoms with E-state index in [1.165, 1.54) is 0 Å². The van der Waals surface area contributed by atoms with Crippen molar-refractivity contribution >= 4 is 71.2 Å². The van der Waals surface area contributed by atoms with Gasteiger partial charge in [-0.05, 0) is 91.0 Å². The van der Waals surface area contributed by atoms with E-state index in [-0.39, 0.29) is 53.1 Å². The van der Waals surface area contributed by atoms with Gasteiger partial charge in [-0.1, -0.05) is 0 Å². The summed E-state index contributed by atoms with van der Waals surface area (Å²) in [6.07, 6.45) is -3.24. The summed E-state index contributed by atoms with van der Waals surface area (Å²) in [5.74, 6) is 0.399. The van der Waals surface area contributed by atoms with E-state index in [4.69, 9.17) is 19.2 Å². The van der Waals surface area contributed by atoms with Gasteiger partial charge in [0.15, 0.2) is 22.2 Å². The van der Waals surface area contributed by atoms with Crippen LogP contribution < -0.4 is 14.4 Å². The highest BCUT2D eigenvalue weighted by Gasteiger charge is 2.48. The van der Waals surface area contributed by atoms with Gasteiger partial charge in [-0.3, -0.25) is 0 Å². The number of hydrogen-bond acceptors (Lipinski definition) is 9. The van der Waals surface area contributed by atoms with Crippen LogP contribution in [0.25, 0.3) is 10.9 Å². The summed E-state index contributed by atoms with van der Waals surface area (Å²) in [6, 6.07) is 1.75. The molecule has 0 saturated carbocycles. The van der Waals surface area contributed by atoms with Gasteiger partial charge in [0.1, 0.15) is 23.0 Å². The van der Waals surface area contributed by atoms with Crippen molar-refractivity contribution in [2.45, 2.75) is 64.3 Å². The molecular weight excluding hydrogens is 772 g/mol. The molecule has 16 heteroatoms. The lowest BCUT2D eigenvalue weighted by molar-refractivity contribution is -0.153. The maximum absolute atomic E-state index is 13.2. The van der Waals surface area contributed by atoms with Crippen LogP contribution in [0.2, 0.25) is 0 Å². The standard InChI is InChI=1S/C27H33BrF3IN4O6S/c1-25(2,3)42-24(37)36-13-26(14-36)6-8-35(9-7-26)22-17-12-18(32)19(28)21(40-15-27(29,30)31)20(17)33-23(34-22)41-16-4-10-43(38,39)11-5-16/h12,16H,4-11,13-15H2,1-3H3. The van der Waals surface area contributed by atoms with Crippen LogP contribution in [0.15, 0.2) is 10.5 Å². The van der Waals surface area contributed by atoms with Gasteiger partial charge < -0.3 is 24.0 Å². The molecule has 1 amide bonds. The summed E-state index contributed by atoms with van der Waals surface area (Å²) in [7, 11) is -3.13. The van der Waals surface area contributed by atoms with Gasteiger partial charge in [0.05, 0.1) is 16.0 Å². The smallest absolute Gasteiger partial charge is 0.422 e. The zero-order chi connectivity index (χ0) is 31.4. The molecule has 43 heavy (non-hydrogen) atoms. The van der Waals surface area contributed by atoms with Crippen molar-refractivity contribution in [3.8, 4) is 11.8 Å². The van der Waals surface area contributed by atoms with Crippen LogP contribution in [0.3, 0.4) is 0 Å². The summed E-state index contributed by atoms with van der Waals surface area (Å²) in [5.41, 5.74) is -0.445. The number of hydrogen-bond donors (Lipinski definition) is 0. The van der Waals surface area contributed by atoms with Crippen molar-refractivity contribution < 1.29 is 40.6 Å². The number of rotatable bonds is 5. The Balaban J connectivity index is 1.42. The number of ether oxygens (including phenoxy) is 3. The molecule has 5 rings (SSSR count). The third-order valence-electron chi connectivity index (χ3n) is 7.78. The van der Waals surface area contributed by atoms with E-state index in [9.17, 15) is 26.4 Å². The SMILES string of the molecule is CC(C)(C)OC(=O)N1CC2(CCN(c3nc(OC4CCS(=O)(=O)CC4)nc4c(OCC(F)(F)F)c(Br)c(I)cc34)CC2)C1. The van der Waals surface area contributed by atoms with Crippen LogP contribution >= 0.6 is 38.5 Å². The number of carbonyl (C=O) groups is 1. The van der Waals surface area contributed by atoms with Crippen molar-refractivity contribution in [2.75, 3.05) is 49.2 Å². The molecule has 1 aromatic heterocycles. The summed E-state index contributed by atoms with van der Waals surface area (Å²) in [6.45, 7) is 6.38. The van der Waals surface area contributed by atoms with Gasteiger partial charge in [-0.2, -0.15) is 23.1 Å². The minimum Gasteiger partial charge on any atom is -0.481 e. The first-order valence-electron chi connectivity index (χ1n) is 13.9. The van der Waals surface area contributed by atoms with Gasteiger partial charge in [0, 0.05) is 40.6 Å². The van der Waals surface area contributed by atoms with Gasteiger partial charge in [0.25, 0.3) is 0 Å². The molecule has 1 aromatic carbocycles. The number of piperidine rings is 1. The molecule has 3 fully saturated rings. The highest BCUT2D eigenvalue weighted by Crippen LogP contribution is 2.45. The Labute approximate surface area is 270 Å². The minimum absolute atomic E-state index is 0.0175. The second-order valence-electron chi connectivity index (χ2n) is 12.4. The zero-order valence-corrected chi connectivity index (χ0v) is 28.5. The van der Waals surface area contributed by atoms with Gasteiger partial charge in [-0.15, -0.1) is 0 Å². The monoisotopic (exact) mass is 804 g/mol. The number of fused-ring (bicyclic) bond motifs is 1. The number of amides is 1. The largest absolute Gasteiger partial charge is 0.481 e. The molecule has 1 spiro atoms. The van der Waals surface area contributed by atoms with E-state index >= 15 is 0 Å². The molecule has 0 aliphatic carbocycles. The molecule has 2 aromatic rings. The second kappa shape index (κ2) is 11.8. The minimum atomic E-state index is -4.56. The maximum Gasteiger partial charge on any atom is 0.422 e. The molecule has 3 aliphatic rings. The van der Waals surface area contributed by atoms with Gasteiger partial charge in [-0.25, -0.2) is 13.2 Å². The number of halogens is 5. The van der Waals surface area contributed by atoms with Gasteiger partial charge >= 0.3 is 18.3 Å². The fourth-order valence-electron chi connectivity index (χ4n) is 5.59. The van der Waals surface area contributed by atoms with E-state index < -0.39 is 34.3 Å². The predicted octanol–water partition coefficient (Wildman–Crippen LogP) is 5.73. The first kappa shape index (κ1) is 32.6. The number of likely N-dealkylation sites (tertiary alicyclic amines) is 1. The van der Waals surface area contributed by atoms with E-state index in [0.29, 0.717) is 45.4 Å². The third kappa shape index (κ3) is 7.71. The van der Waals surface area contributed by atoms with Crippen LogP contribution in [0.5, 0.6) is 11.8 Å². The molecule has 238 valence electrons. The van der Waals surface area contributed by atoms with Crippen molar-refractivity contribution in [2.24, 2.45) is 5.41 Å². The lowest BCUT2D eigenvalue weighted by atomic mass is 9.72. The van der Waals surface area contributed by atoms with E-state index in [1.807, 2.05) is 43.4 Å². The van der Waals surface area contributed by atoms with Crippen LogP contribution in [-0.2, 0) is 14.6 Å². The first-order chi connectivity index (χ1) is 19.9. The van der Waals surface area contributed by atoms with Crippen LogP contribution in [0.4, 0.5) is 23.8 Å². The number of anilines is 1. The summed E-state index contributed by atoms with van der Waals surface area (Å²) in [4.78, 5) is 25.4. The summed E-state index contributed by atoms with van der Waals surface area (Å²) < 4.78 is 81.1. The normalized spacial score (nSPS) is 20.7. The predicted molar refractivity (Wildman–Crippen MR) is 165 cm³/mol. The van der Waals surface area contributed by atoms with Crippen LogP contribution in [0.1, 0.15) is 46.5 Å². The lowest BCUT2D eigenvalue weighted by Gasteiger charge is -2.53. The number of carbonyl (C=O) groups excluding carboxylic acids is 1. The average Bonchev–Trinajstić information content (AvgIpc) is 2.87. The fourth-order valence-corrected chi connectivity index (χ4v) is 8.01. The Morgan fingerprint density at radius 3 is 2.35 bits per heavy atom. The Hall–Kier alpha value is -1.82. The lowest BCUT2D eigenvalue weighted by Crippen LogP contribution is -2.62. The number of aromatic nitrogens is 2. The fraction of sp³-hybridized carbons (Fsp3) is 0.667. The van der Waals surface area contributed by atoms with E-state index in [1.54, 1.807) is 11.0 Å². The topological polar surface area (TPSA) is 111 Å². The Bertz CT molecular complexity index is 1490. The van der Waals surface area contributed by atoms with E-state index in [0.717, 1.165) is 12.8 Å². The highest BCUT2D eigenvalue weighted by molar-refractivity contribution is 14.1. The Morgan fingerprint density at radius 2 is 1.77 bits per heavy atom. The van der Waals surface area contributed by atoms with Crippen LogP contribution in [0, 0.1) is 8.99 Å². The highest BCUT2D eigenvalue weighted by atomic mass is 127. The molecule has 3 saturated heterocycles. The van der Waals surface area contributed by atoms with Crippen molar-refractivity contribution in [1.82, 2.24) is 14.9 Å². The van der Waals surface area contributed by atoms with Gasteiger partial charge in [0.2, 0.25) is 0 Å². The molecule has 0 radical (unpaired) electrons. The molecule has 0 unspecified atom stereocenters. The molecular formula is C27H33BrF3IN4O6S. The number of benzene rings is 1. The van der Waals surface area contributed by atoms with Crippen molar-refractivity contribution in [1.29, 1.82) is 0 Å². The third-order valence-corrected chi connectivity index (χ3v) is 11.9. The Morgan fingerprint density at radius 1 is 1.14 bits per heavy atom. The quantitative estimate of drug-likeness (QED) is 0.350. The number of nitrogens with zero attached hydrogens (tertiary/aromatic N) is 4. The van der Waals surface area contributed by atoms with E-state index in [2.05, 4.69) is 25.8 Å². The van der Waals surface area contributed by atoms with Crippen molar-refractivity contribution in [3.63, 3.8) is 0 Å². The summed E-state index contributed by atoms with van der Waals surface area (Å²) >= 11 is 5.39. The molecule has 0 bridgehead atoms. The molecule has 3 aliphatic heterocycles. The zero-order valence-electron chi connectivity index (χ0n) is 24.0. The first-order valence-corrected chi connectivity index (χ1v) is 17.6. The van der Waals surface area contributed by atoms with Crippen LogP contribution in [-0.4, -0.2) is 91.6 Å². The maximum atomic E-state index is 13.2. The average molecular weight is 805 g/mol. The van der Waals surface area contributed by atoms with Crippen molar-refractivity contribution in [3.05, 3.63) is 14.1 Å². The molecule has 0 atom stereocenters. The second-order valence-corrected chi connectivity index (χ2v) is 16.7. The summed E-state index contributed by atoms with van der Waals surface area (Å²) in [5, 5.41) is 0.517. The number of sulfone groups is 1. The Kier molecular flexibility index (Phi) is 8.97. The number of alkyl halides is 3.